The Labute approximate surface area is 113 Å². The summed E-state index contributed by atoms with van der Waals surface area (Å²) in [5.74, 6) is 0.864. The maximum atomic E-state index is 4.74. The number of para-hydroxylation sites is 1. The third kappa shape index (κ3) is 1.67. The van der Waals surface area contributed by atoms with E-state index in [1.807, 2.05) is 29.6 Å². The van der Waals surface area contributed by atoms with Crippen LogP contribution >= 0.6 is 11.3 Å². The van der Waals surface area contributed by atoms with E-state index in [0.717, 1.165) is 33.3 Å². The van der Waals surface area contributed by atoms with Gasteiger partial charge in [0, 0.05) is 5.56 Å². The average molecular weight is 266 g/mol. The van der Waals surface area contributed by atoms with E-state index in [-0.39, 0.29) is 0 Å². The molecule has 19 heavy (non-hydrogen) atoms. The van der Waals surface area contributed by atoms with Crippen LogP contribution in [0.5, 0.6) is 0 Å². The minimum absolute atomic E-state index is 0.864. The van der Waals surface area contributed by atoms with Gasteiger partial charge < -0.3 is 5.32 Å². The van der Waals surface area contributed by atoms with E-state index in [9.17, 15) is 0 Å². The number of rotatable bonds is 1. The van der Waals surface area contributed by atoms with Crippen molar-refractivity contribution in [2.75, 3.05) is 5.32 Å². The molecule has 3 aromatic rings. The SMILES string of the molecule is c1csc(C2=Nc3ccccc3-c3[nH]ncc3N2)c1. The van der Waals surface area contributed by atoms with E-state index in [4.69, 9.17) is 4.99 Å². The van der Waals surface area contributed by atoms with Gasteiger partial charge in [0.25, 0.3) is 0 Å². The van der Waals surface area contributed by atoms with Crippen LogP contribution < -0.4 is 5.32 Å². The van der Waals surface area contributed by atoms with Crippen molar-refractivity contribution in [1.29, 1.82) is 0 Å². The lowest BCUT2D eigenvalue weighted by molar-refractivity contribution is 1.09. The van der Waals surface area contributed by atoms with E-state index in [1.54, 1.807) is 17.5 Å². The number of anilines is 1. The fraction of sp³-hybridized carbons (Fsp3) is 0. The van der Waals surface area contributed by atoms with Crippen LogP contribution in [0.4, 0.5) is 11.4 Å². The number of hydrogen-bond acceptors (Lipinski definition) is 4. The van der Waals surface area contributed by atoms with Gasteiger partial charge in [-0.1, -0.05) is 24.3 Å². The third-order valence-electron chi connectivity index (χ3n) is 3.05. The first kappa shape index (κ1) is 10.5. The molecule has 0 radical (unpaired) electrons. The molecule has 0 fully saturated rings. The Hall–Kier alpha value is -2.40. The maximum absolute atomic E-state index is 4.74. The minimum atomic E-state index is 0.864. The van der Waals surface area contributed by atoms with E-state index in [0.29, 0.717) is 0 Å². The first-order valence-corrected chi connectivity index (χ1v) is 6.82. The molecule has 4 nitrogen and oxygen atoms in total. The summed E-state index contributed by atoms with van der Waals surface area (Å²) in [6, 6.07) is 12.2. The van der Waals surface area contributed by atoms with Crippen LogP contribution in [0.1, 0.15) is 4.88 Å². The van der Waals surface area contributed by atoms with Crippen molar-refractivity contribution in [2.24, 2.45) is 4.99 Å². The van der Waals surface area contributed by atoms with Gasteiger partial charge in [-0.3, -0.25) is 5.10 Å². The molecule has 0 saturated carbocycles. The van der Waals surface area contributed by atoms with Gasteiger partial charge in [-0.05, 0) is 17.5 Å². The van der Waals surface area contributed by atoms with Crippen molar-refractivity contribution < 1.29 is 0 Å². The number of benzene rings is 1. The van der Waals surface area contributed by atoms with Crippen molar-refractivity contribution in [3.05, 3.63) is 52.9 Å². The molecular weight excluding hydrogens is 256 g/mol. The molecule has 0 atom stereocenters. The highest BCUT2D eigenvalue weighted by atomic mass is 32.1. The minimum Gasteiger partial charge on any atom is -0.336 e. The number of amidine groups is 1. The Balaban J connectivity index is 1.97. The molecule has 2 N–H and O–H groups in total. The Bertz CT molecular complexity index is 755. The molecule has 0 amide bonds. The summed E-state index contributed by atoms with van der Waals surface area (Å²) >= 11 is 1.67. The number of nitrogens with zero attached hydrogens (tertiary/aromatic N) is 2. The van der Waals surface area contributed by atoms with Crippen LogP contribution in [-0.4, -0.2) is 16.0 Å². The summed E-state index contributed by atoms with van der Waals surface area (Å²) in [6.07, 6.45) is 1.79. The lowest BCUT2D eigenvalue weighted by Gasteiger charge is -2.03. The van der Waals surface area contributed by atoms with Gasteiger partial charge in [0.1, 0.15) is 5.84 Å². The lowest BCUT2D eigenvalue weighted by Crippen LogP contribution is -2.10. The molecule has 1 aromatic carbocycles. The molecule has 4 rings (SSSR count). The molecule has 1 aliphatic rings. The predicted molar refractivity (Wildman–Crippen MR) is 78.2 cm³/mol. The number of thiophene rings is 1. The number of aromatic amines is 1. The Morgan fingerprint density at radius 3 is 2.89 bits per heavy atom. The van der Waals surface area contributed by atoms with Crippen molar-refractivity contribution in [2.45, 2.75) is 0 Å². The predicted octanol–water partition coefficient (Wildman–Crippen LogP) is 3.64. The molecule has 0 unspecified atom stereocenters. The summed E-state index contributed by atoms with van der Waals surface area (Å²) in [7, 11) is 0. The van der Waals surface area contributed by atoms with Crippen LogP contribution in [0.2, 0.25) is 0 Å². The number of H-pyrrole nitrogens is 1. The van der Waals surface area contributed by atoms with Crippen LogP contribution in [0.25, 0.3) is 11.3 Å². The van der Waals surface area contributed by atoms with Crippen LogP contribution in [0.3, 0.4) is 0 Å². The second-order valence-electron chi connectivity index (χ2n) is 4.24. The summed E-state index contributed by atoms with van der Waals surface area (Å²) in [5, 5.41) is 12.6. The summed E-state index contributed by atoms with van der Waals surface area (Å²) < 4.78 is 0. The van der Waals surface area contributed by atoms with E-state index < -0.39 is 0 Å². The molecule has 5 heteroatoms. The van der Waals surface area contributed by atoms with E-state index >= 15 is 0 Å². The van der Waals surface area contributed by atoms with Crippen molar-refractivity contribution in [3.63, 3.8) is 0 Å². The van der Waals surface area contributed by atoms with Crippen molar-refractivity contribution >= 4 is 28.5 Å². The highest BCUT2D eigenvalue weighted by molar-refractivity contribution is 7.12. The summed E-state index contributed by atoms with van der Waals surface area (Å²) in [5.41, 5.74) is 3.94. The van der Waals surface area contributed by atoms with Crippen LogP contribution in [-0.2, 0) is 0 Å². The van der Waals surface area contributed by atoms with E-state index in [1.165, 1.54) is 0 Å². The molecule has 3 heterocycles. The highest BCUT2D eigenvalue weighted by Crippen LogP contribution is 2.36. The van der Waals surface area contributed by atoms with Crippen molar-refractivity contribution in [3.8, 4) is 11.3 Å². The fourth-order valence-electron chi connectivity index (χ4n) is 2.17. The number of hydrogen-bond donors (Lipinski definition) is 2. The zero-order chi connectivity index (χ0) is 12.7. The molecular formula is C14H10N4S. The normalized spacial score (nSPS) is 12.9. The number of aliphatic imine (C=N–C) groups is 1. The van der Waals surface area contributed by atoms with Gasteiger partial charge in [0.2, 0.25) is 0 Å². The van der Waals surface area contributed by atoms with Gasteiger partial charge in [-0.2, -0.15) is 5.10 Å². The first-order chi connectivity index (χ1) is 9.42. The summed E-state index contributed by atoms with van der Waals surface area (Å²) in [6.45, 7) is 0. The third-order valence-corrected chi connectivity index (χ3v) is 3.93. The lowest BCUT2D eigenvalue weighted by atomic mass is 10.1. The van der Waals surface area contributed by atoms with Gasteiger partial charge in [0.05, 0.1) is 28.1 Å². The monoisotopic (exact) mass is 266 g/mol. The van der Waals surface area contributed by atoms with Gasteiger partial charge in [0.15, 0.2) is 0 Å². The number of nitrogens with one attached hydrogen (secondary N) is 2. The molecule has 2 aromatic heterocycles. The van der Waals surface area contributed by atoms with Gasteiger partial charge in [-0.15, -0.1) is 11.3 Å². The number of aromatic nitrogens is 2. The smallest absolute Gasteiger partial charge is 0.148 e. The molecule has 0 bridgehead atoms. The fourth-order valence-corrected chi connectivity index (χ4v) is 2.84. The topological polar surface area (TPSA) is 53.1 Å². The average Bonchev–Trinajstić information content (AvgIpc) is 3.08. The zero-order valence-electron chi connectivity index (χ0n) is 9.92. The molecule has 92 valence electrons. The standard InChI is InChI=1S/C14H10N4S/c1-2-5-10-9(4-1)13-11(8-15-18-13)17-14(16-10)12-6-3-7-19-12/h1-8H,(H,15,18)(H,16,17). The van der Waals surface area contributed by atoms with Gasteiger partial charge >= 0.3 is 0 Å². The largest absolute Gasteiger partial charge is 0.336 e. The molecule has 0 aliphatic carbocycles. The quantitative estimate of drug-likeness (QED) is 0.706. The Morgan fingerprint density at radius 1 is 1.05 bits per heavy atom. The second kappa shape index (κ2) is 4.07. The van der Waals surface area contributed by atoms with Crippen molar-refractivity contribution in [1.82, 2.24) is 10.2 Å². The maximum Gasteiger partial charge on any atom is 0.148 e. The molecule has 1 aliphatic heterocycles. The highest BCUT2D eigenvalue weighted by Gasteiger charge is 2.18. The second-order valence-corrected chi connectivity index (χ2v) is 5.19. The van der Waals surface area contributed by atoms with Crippen LogP contribution in [0, 0.1) is 0 Å². The molecule has 0 spiro atoms. The molecule has 0 saturated heterocycles. The first-order valence-electron chi connectivity index (χ1n) is 5.94. The Morgan fingerprint density at radius 2 is 2.00 bits per heavy atom. The van der Waals surface area contributed by atoms with Gasteiger partial charge in [-0.25, -0.2) is 4.99 Å². The van der Waals surface area contributed by atoms with Crippen LogP contribution in [0.15, 0.2) is 53.0 Å². The van der Waals surface area contributed by atoms with E-state index in [2.05, 4.69) is 27.6 Å². The Kier molecular flexibility index (Phi) is 2.25. The summed E-state index contributed by atoms with van der Waals surface area (Å²) in [4.78, 5) is 5.85. The zero-order valence-corrected chi connectivity index (χ0v) is 10.7. The number of fused-ring (bicyclic) bond motifs is 3.